The maximum atomic E-state index is 12.8. The number of anilines is 2. The van der Waals surface area contributed by atoms with Gasteiger partial charge >= 0.3 is 6.03 Å². The van der Waals surface area contributed by atoms with Crippen LogP contribution in [-0.4, -0.2) is 30.9 Å². The molecule has 0 fully saturated rings. The van der Waals surface area contributed by atoms with Gasteiger partial charge in [0.1, 0.15) is 0 Å². The van der Waals surface area contributed by atoms with Crippen LogP contribution in [0.15, 0.2) is 47.5 Å². The van der Waals surface area contributed by atoms with Gasteiger partial charge in [-0.1, -0.05) is 30.3 Å². The molecule has 0 spiro atoms. The van der Waals surface area contributed by atoms with Crippen LogP contribution in [-0.2, 0) is 4.79 Å². The number of nitrogens with one attached hydrogen (secondary N) is 2. The van der Waals surface area contributed by atoms with Crippen LogP contribution in [0.5, 0.6) is 0 Å². The van der Waals surface area contributed by atoms with Gasteiger partial charge in [0.05, 0.1) is 5.69 Å². The van der Waals surface area contributed by atoms with Crippen molar-refractivity contribution in [3.8, 4) is 0 Å². The van der Waals surface area contributed by atoms with Gasteiger partial charge < -0.3 is 15.5 Å². The fourth-order valence-corrected chi connectivity index (χ4v) is 3.12. The molecule has 0 saturated carbocycles. The Morgan fingerprint density at radius 2 is 1.85 bits per heavy atom. The average molecular weight is 350 g/mol. The molecule has 1 aliphatic heterocycles. The van der Waals surface area contributed by atoms with Gasteiger partial charge in [-0.3, -0.25) is 9.79 Å². The van der Waals surface area contributed by atoms with Crippen molar-refractivity contribution in [2.75, 3.05) is 17.3 Å². The lowest BCUT2D eigenvalue weighted by molar-refractivity contribution is -0.119. The zero-order valence-corrected chi connectivity index (χ0v) is 15.3. The smallest absolute Gasteiger partial charge is 0.311 e. The minimum absolute atomic E-state index is 0.281. The van der Waals surface area contributed by atoms with Crippen LogP contribution in [0.2, 0.25) is 0 Å². The van der Waals surface area contributed by atoms with E-state index < -0.39 is 12.2 Å². The third-order valence-electron chi connectivity index (χ3n) is 4.39. The van der Waals surface area contributed by atoms with E-state index in [1.165, 1.54) is 0 Å². The number of carbonyl (C=O) groups is 2. The van der Waals surface area contributed by atoms with Crippen molar-refractivity contribution < 1.29 is 9.59 Å². The van der Waals surface area contributed by atoms with E-state index in [0.717, 1.165) is 22.4 Å². The Balaban J connectivity index is 1.83. The van der Waals surface area contributed by atoms with Crippen molar-refractivity contribution in [3.63, 3.8) is 0 Å². The molecule has 3 rings (SSSR count). The minimum atomic E-state index is -0.975. The van der Waals surface area contributed by atoms with E-state index in [4.69, 9.17) is 0 Å². The molecule has 1 atom stereocenters. The van der Waals surface area contributed by atoms with Crippen molar-refractivity contribution in [1.29, 1.82) is 0 Å². The van der Waals surface area contributed by atoms with Crippen molar-refractivity contribution in [2.24, 2.45) is 4.99 Å². The predicted molar refractivity (Wildman–Crippen MR) is 104 cm³/mol. The summed E-state index contributed by atoms with van der Waals surface area (Å²) in [6.45, 7) is 5.74. The monoisotopic (exact) mass is 350 g/mol. The van der Waals surface area contributed by atoms with E-state index in [9.17, 15) is 9.59 Å². The lowest BCUT2D eigenvalue weighted by Gasteiger charge is -2.22. The van der Waals surface area contributed by atoms with Crippen LogP contribution < -0.4 is 15.5 Å². The van der Waals surface area contributed by atoms with E-state index in [1.54, 1.807) is 18.0 Å². The van der Waals surface area contributed by atoms with Gasteiger partial charge in [-0.2, -0.15) is 0 Å². The zero-order chi connectivity index (χ0) is 18.8. The van der Waals surface area contributed by atoms with Gasteiger partial charge in [0, 0.05) is 24.0 Å². The zero-order valence-electron chi connectivity index (χ0n) is 15.3. The van der Waals surface area contributed by atoms with Gasteiger partial charge in [-0.25, -0.2) is 4.79 Å². The molecule has 6 nitrogen and oxygen atoms in total. The number of rotatable bonds is 2. The number of hydrogen-bond acceptors (Lipinski definition) is 3. The topological polar surface area (TPSA) is 73.8 Å². The number of benzodiazepines with no additional fused rings is 1. The molecule has 26 heavy (non-hydrogen) atoms. The molecule has 3 amide bonds. The van der Waals surface area contributed by atoms with Gasteiger partial charge in [0.15, 0.2) is 0 Å². The van der Waals surface area contributed by atoms with Crippen molar-refractivity contribution in [2.45, 2.75) is 26.9 Å². The molecule has 0 bridgehead atoms. The predicted octanol–water partition coefficient (Wildman–Crippen LogP) is 3.24. The fraction of sp³-hybridized carbons (Fsp3) is 0.250. The lowest BCUT2D eigenvalue weighted by Crippen LogP contribution is -2.47. The van der Waals surface area contributed by atoms with Crippen LogP contribution in [0, 0.1) is 13.8 Å². The second kappa shape index (κ2) is 7.00. The number of fused-ring (bicyclic) bond motifs is 1. The molecular weight excluding hydrogens is 328 g/mol. The summed E-state index contributed by atoms with van der Waals surface area (Å²) in [5.74, 6) is -0.281. The molecule has 1 unspecified atom stereocenters. The number of amides is 3. The van der Waals surface area contributed by atoms with Crippen LogP contribution >= 0.6 is 0 Å². The number of likely N-dealkylation sites (N-methyl/N-ethyl adjacent to an activating group) is 1. The van der Waals surface area contributed by atoms with Gasteiger partial charge in [-0.05, 0) is 44.0 Å². The highest BCUT2D eigenvalue weighted by Gasteiger charge is 2.30. The average Bonchev–Trinajstić information content (AvgIpc) is 2.67. The maximum Gasteiger partial charge on any atom is 0.321 e. The molecule has 0 aliphatic carbocycles. The molecule has 0 aromatic heterocycles. The lowest BCUT2D eigenvalue weighted by atomic mass is 10.0. The third kappa shape index (κ3) is 3.44. The summed E-state index contributed by atoms with van der Waals surface area (Å²) in [5.41, 5.74) is 5.11. The first-order valence-corrected chi connectivity index (χ1v) is 8.43. The molecule has 2 N–H and O–H groups in total. The van der Waals surface area contributed by atoms with E-state index in [-0.39, 0.29) is 5.91 Å². The number of carbonyl (C=O) groups excluding carboxylic acids is 2. The van der Waals surface area contributed by atoms with Crippen molar-refractivity contribution >= 4 is 29.0 Å². The van der Waals surface area contributed by atoms with Crippen LogP contribution in [0.1, 0.15) is 23.6 Å². The largest absolute Gasteiger partial charge is 0.321 e. The number of hydrogen-bond donors (Lipinski definition) is 2. The summed E-state index contributed by atoms with van der Waals surface area (Å²) in [5, 5.41) is 5.41. The fourth-order valence-electron chi connectivity index (χ4n) is 3.12. The van der Waals surface area contributed by atoms with Crippen molar-refractivity contribution in [1.82, 2.24) is 5.32 Å². The first-order chi connectivity index (χ1) is 12.4. The summed E-state index contributed by atoms with van der Waals surface area (Å²) < 4.78 is 0. The van der Waals surface area contributed by atoms with Crippen molar-refractivity contribution in [3.05, 3.63) is 59.2 Å². The Morgan fingerprint density at radius 3 is 2.58 bits per heavy atom. The second-order valence-corrected chi connectivity index (χ2v) is 6.45. The Hall–Kier alpha value is -3.15. The van der Waals surface area contributed by atoms with Gasteiger partial charge in [0.25, 0.3) is 5.91 Å². The first kappa shape index (κ1) is 17.7. The van der Waals surface area contributed by atoms with E-state index in [0.29, 0.717) is 11.4 Å². The van der Waals surface area contributed by atoms with Gasteiger partial charge in [-0.15, -0.1) is 0 Å². The summed E-state index contributed by atoms with van der Waals surface area (Å²) in [6, 6.07) is 12.8. The number of para-hydroxylation sites is 1. The maximum absolute atomic E-state index is 12.8. The van der Waals surface area contributed by atoms with Gasteiger partial charge in [0.2, 0.25) is 6.17 Å². The van der Waals surface area contributed by atoms with E-state index in [1.807, 2.05) is 57.2 Å². The summed E-state index contributed by atoms with van der Waals surface area (Å²) in [6.07, 6.45) is -0.975. The minimum Gasteiger partial charge on any atom is -0.311 e. The summed E-state index contributed by atoms with van der Waals surface area (Å²) in [7, 11) is 1.70. The van der Waals surface area contributed by atoms with E-state index in [2.05, 4.69) is 15.6 Å². The molecule has 2 aromatic rings. The molecular formula is C20H22N4O2. The number of aryl methyl sites for hydroxylation is 2. The normalized spacial score (nSPS) is 16.5. The second-order valence-electron chi connectivity index (χ2n) is 6.45. The molecule has 0 radical (unpaired) electrons. The Kier molecular flexibility index (Phi) is 4.75. The number of urea groups is 1. The number of nitrogens with zero attached hydrogens (tertiary/aromatic N) is 2. The molecule has 1 heterocycles. The number of aliphatic imine (C=N–C) groups is 1. The highest BCUT2D eigenvalue weighted by Crippen LogP contribution is 2.28. The Labute approximate surface area is 152 Å². The van der Waals surface area contributed by atoms with E-state index >= 15 is 0 Å². The van der Waals surface area contributed by atoms with Crippen LogP contribution in [0.25, 0.3) is 0 Å². The molecule has 6 heteroatoms. The van der Waals surface area contributed by atoms with Crippen LogP contribution in [0.3, 0.4) is 0 Å². The summed E-state index contributed by atoms with van der Waals surface area (Å²) >= 11 is 0. The number of benzene rings is 2. The Bertz CT molecular complexity index is 904. The molecule has 2 aromatic carbocycles. The highest BCUT2D eigenvalue weighted by atomic mass is 16.2. The SMILES string of the molecule is CC1=NC(NC(=O)Nc2cccc(C)c2)C(=O)N(C)c2c(C)cccc21. The molecule has 134 valence electrons. The summed E-state index contributed by atoms with van der Waals surface area (Å²) in [4.78, 5) is 31.2. The highest BCUT2D eigenvalue weighted by molar-refractivity contribution is 6.13. The Morgan fingerprint density at radius 1 is 1.12 bits per heavy atom. The third-order valence-corrected chi connectivity index (χ3v) is 4.39. The first-order valence-electron chi connectivity index (χ1n) is 8.43. The quantitative estimate of drug-likeness (QED) is 0.873. The standard InChI is InChI=1S/C20H22N4O2/c1-12-7-5-9-15(11-12)22-20(26)23-18-19(25)24(4)17-13(2)8-6-10-16(17)14(3)21-18/h5-11,18H,1-4H3,(H2,22,23,26). The van der Waals surface area contributed by atoms with Crippen LogP contribution in [0.4, 0.5) is 16.2 Å². The molecule has 1 aliphatic rings. The molecule has 0 saturated heterocycles.